The summed E-state index contributed by atoms with van der Waals surface area (Å²) in [6.07, 6.45) is 0. The third kappa shape index (κ3) is 6.01. The number of amides is 2. The minimum atomic E-state index is -0.463. The Bertz CT molecular complexity index is 984. The normalized spacial score (nSPS) is 10.2. The molecule has 10 heteroatoms. The lowest BCUT2D eigenvalue weighted by Gasteiger charge is -2.16. The van der Waals surface area contributed by atoms with E-state index in [-0.39, 0.29) is 22.5 Å². The summed E-state index contributed by atoms with van der Waals surface area (Å²) in [6, 6.07) is 8.10. The van der Waals surface area contributed by atoms with Gasteiger partial charge in [-0.25, -0.2) is 0 Å². The molecular formula is C22H27N3O6S. The SMILES string of the molecule is COc1cc(NC(=S)NC(=O)c2cc(OC)c(OC)c(OC)c2)ccc1NC(=O)C(C)C. The smallest absolute Gasteiger partial charge is 0.257 e. The standard InChI is InChI=1S/C22H27N3O6S/c1-12(2)20(26)24-15-8-7-14(11-16(15)28-3)23-22(32)25-21(27)13-9-17(29-4)19(31-6)18(10-13)30-5/h7-12H,1-6H3,(H,24,26)(H2,23,25,27,32). The summed E-state index contributed by atoms with van der Waals surface area (Å²) < 4.78 is 21.2. The molecule has 172 valence electrons. The zero-order valence-corrected chi connectivity index (χ0v) is 19.6. The Morgan fingerprint density at radius 1 is 0.844 bits per heavy atom. The van der Waals surface area contributed by atoms with Crippen molar-refractivity contribution >= 4 is 40.5 Å². The molecule has 0 aliphatic carbocycles. The molecule has 0 aliphatic heterocycles. The first kappa shape index (κ1) is 24.7. The Balaban J connectivity index is 2.14. The largest absolute Gasteiger partial charge is 0.494 e. The van der Waals surface area contributed by atoms with Crippen molar-refractivity contribution in [2.24, 2.45) is 5.92 Å². The number of carbonyl (C=O) groups excluding carboxylic acids is 2. The number of rotatable bonds is 8. The maximum Gasteiger partial charge on any atom is 0.257 e. The molecule has 2 amide bonds. The van der Waals surface area contributed by atoms with Crippen LogP contribution in [0, 0.1) is 5.92 Å². The second-order valence-electron chi connectivity index (χ2n) is 6.88. The van der Waals surface area contributed by atoms with E-state index in [0.717, 1.165) is 0 Å². The van der Waals surface area contributed by atoms with Crippen LogP contribution in [-0.4, -0.2) is 45.4 Å². The summed E-state index contributed by atoms with van der Waals surface area (Å²) in [7, 11) is 5.90. The van der Waals surface area contributed by atoms with Crippen molar-refractivity contribution in [2.75, 3.05) is 39.1 Å². The van der Waals surface area contributed by atoms with Gasteiger partial charge in [0.15, 0.2) is 16.6 Å². The number of hydrogen-bond acceptors (Lipinski definition) is 7. The zero-order chi connectivity index (χ0) is 23.8. The maximum absolute atomic E-state index is 12.7. The molecule has 0 aliphatic rings. The first-order chi connectivity index (χ1) is 15.2. The molecule has 2 rings (SSSR count). The molecule has 2 aromatic rings. The van der Waals surface area contributed by atoms with Crippen LogP contribution >= 0.6 is 12.2 Å². The number of carbonyl (C=O) groups is 2. The molecule has 0 bridgehead atoms. The van der Waals surface area contributed by atoms with Gasteiger partial charge in [-0.05, 0) is 36.5 Å². The van der Waals surface area contributed by atoms with Crippen LogP contribution in [0.5, 0.6) is 23.0 Å². The predicted octanol–water partition coefficient (Wildman–Crippen LogP) is 3.44. The fraction of sp³-hybridized carbons (Fsp3) is 0.318. The summed E-state index contributed by atoms with van der Waals surface area (Å²) in [5.41, 5.74) is 1.37. The Kier molecular flexibility index (Phi) is 8.65. The third-order valence-electron chi connectivity index (χ3n) is 4.40. The fourth-order valence-electron chi connectivity index (χ4n) is 2.70. The number of thiocarbonyl (C=S) groups is 1. The molecule has 0 heterocycles. The van der Waals surface area contributed by atoms with E-state index in [0.29, 0.717) is 34.4 Å². The minimum absolute atomic E-state index is 0.0739. The monoisotopic (exact) mass is 461 g/mol. The topological polar surface area (TPSA) is 107 Å². The lowest BCUT2D eigenvalue weighted by molar-refractivity contribution is -0.118. The van der Waals surface area contributed by atoms with Gasteiger partial charge >= 0.3 is 0 Å². The van der Waals surface area contributed by atoms with Gasteiger partial charge in [0.25, 0.3) is 5.91 Å². The van der Waals surface area contributed by atoms with Gasteiger partial charge in [-0.1, -0.05) is 13.8 Å². The fourth-order valence-corrected chi connectivity index (χ4v) is 2.91. The summed E-state index contributed by atoms with van der Waals surface area (Å²) >= 11 is 5.26. The highest BCUT2D eigenvalue weighted by Crippen LogP contribution is 2.38. The van der Waals surface area contributed by atoms with Crippen LogP contribution in [0.2, 0.25) is 0 Å². The molecule has 9 nitrogen and oxygen atoms in total. The van der Waals surface area contributed by atoms with Crippen molar-refractivity contribution < 1.29 is 28.5 Å². The van der Waals surface area contributed by atoms with Crippen LogP contribution in [0.1, 0.15) is 24.2 Å². The summed E-state index contributed by atoms with van der Waals surface area (Å²) in [5.74, 6) is 0.758. The van der Waals surface area contributed by atoms with Gasteiger partial charge < -0.3 is 29.6 Å². The van der Waals surface area contributed by atoms with Crippen molar-refractivity contribution in [3.63, 3.8) is 0 Å². The highest BCUT2D eigenvalue weighted by atomic mass is 32.1. The number of methoxy groups -OCH3 is 4. The number of hydrogen-bond donors (Lipinski definition) is 3. The molecule has 2 aromatic carbocycles. The van der Waals surface area contributed by atoms with E-state index in [1.54, 1.807) is 32.0 Å². The highest BCUT2D eigenvalue weighted by molar-refractivity contribution is 7.80. The van der Waals surface area contributed by atoms with Gasteiger partial charge in [0.05, 0.1) is 34.1 Å². The first-order valence-electron chi connectivity index (χ1n) is 9.65. The van der Waals surface area contributed by atoms with Crippen LogP contribution in [0.25, 0.3) is 0 Å². The Morgan fingerprint density at radius 3 is 1.94 bits per heavy atom. The lowest BCUT2D eigenvalue weighted by Crippen LogP contribution is -2.34. The highest BCUT2D eigenvalue weighted by Gasteiger charge is 2.18. The van der Waals surface area contributed by atoms with Gasteiger partial charge in [0.2, 0.25) is 11.7 Å². The van der Waals surface area contributed by atoms with Crippen LogP contribution in [-0.2, 0) is 4.79 Å². The van der Waals surface area contributed by atoms with E-state index < -0.39 is 5.91 Å². The van der Waals surface area contributed by atoms with Crippen LogP contribution in [0.3, 0.4) is 0 Å². The predicted molar refractivity (Wildman–Crippen MR) is 126 cm³/mol. The van der Waals surface area contributed by atoms with E-state index in [9.17, 15) is 9.59 Å². The van der Waals surface area contributed by atoms with Gasteiger partial charge in [0.1, 0.15) is 5.75 Å². The first-order valence-corrected chi connectivity index (χ1v) is 10.1. The van der Waals surface area contributed by atoms with E-state index >= 15 is 0 Å². The van der Waals surface area contributed by atoms with E-state index in [2.05, 4.69) is 16.0 Å². The molecule has 0 atom stereocenters. The molecule has 3 N–H and O–H groups in total. The van der Waals surface area contributed by atoms with E-state index in [1.807, 2.05) is 0 Å². The lowest BCUT2D eigenvalue weighted by atomic mass is 10.1. The van der Waals surface area contributed by atoms with Crippen molar-refractivity contribution in [3.05, 3.63) is 35.9 Å². The summed E-state index contributed by atoms with van der Waals surface area (Å²) in [4.78, 5) is 24.6. The van der Waals surface area contributed by atoms with Crippen molar-refractivity contribution in [2.45, 2.75) is 13.8 Å². The summed E-state index contributed by atoms with van der Waals surface area (Å²) in [6.45, 7) is 3.60. The number of benzene rings is 2. The molecule has 0 saturated carbocycles. The number of anilines is 2. The second kappa shape index (κ2) is 11.2. The van der Waals surface area contributed by atoms with Crippen LogP contribution in [0.15, 0.2) is 30.3 Å². The van der Waals surface area contributed by atoms with Crippen LogP contribution < -0.4 is 34.9 Å². The van der Waals surface area contributed by atoms with E-state index in [4.69, 9.17) is 31.2 Å². The molecule has 0 fully saturated rings. The molecule has 0 spiro atoms. The van der Waals surface area contributed by atoms with Crippen molar-refractivity contribution in [1.82, 2.24) is 5.32 Å². The third-order valence-corrected chi connectivity index (χ3v) is 4.60. The average molecular weight is 462 g/mol. The van der Waals surface area contributed by atoms with Crippen molar-refractivity contribution in [1.29, 1.82) is 0 Å². The minimum Gasteiger partial charge on any atom is -0.494 e. The maximum atomic E-state index is 12.7. The molecule has 0 radical (unpaired) electrons. The van der Waals surface area contributed by atoms with Crippen molar-refractivity contribution in [3.8, 4) is 23.0 Å². The molecule has 32 heavy (non-hydrogen) atoms. The van der Waals surface area contributed by atoms with Gasteiger partial charge in [-0.15, -0.1) is 0 Å². The zero-order valence-electron chi connectivity index (χ0n) is 18.8. The molecule has 0 saturated heterocycles. The second-order valence-corrected chi connectivity index (χ2v) is 7.29. The van der Waals surface area contributed by atoms with Gasteiger partial charge in [-0.2, -0.15) is 0 Å². The Labute approximate surface area is 192 Å². The quantitative estimate of drug-likeness (QED) is 0.513. The molecule has 0 aromatic heterocycles. The van der Waals surface area contributed by atoms with Gasteiger partial charge in [-0.3, -0.25) is 14.9 Å². The molecule has 0 unspecified atom stereocenters. The molecular weight excluding hydrogens is 434 g/mol. The van der Waals surface area contributed by atoms with Gasteiger partial charge in [0, 0.05) is 23.2 Å². The Morgan fingerprint density at radius 2 is 1.44 bits per heavy atom. The number of ether oxygens (including phenoxy) is 4. The van der Waals surface area contributed by atoms with Crippen LogP contribution in [0.4, 0.5) is 11.4 Å². The Hall–Kier alpha value is -3.53. The van der Waals surface area contributed by atoms with E-state index in [1.165, 1.54) is 40.6 Å². The number of nitrogens with one attached hydrogen (secondary N) is 3. The average Bonchev–Trinajstić information content (AvgIpc) is 2.78. The summed E-state index contributed by atoms with van der Waals surface area (Å²) in [5, 5.41) is 8.39.